The molecule has 0 aliphatic rings. The van der Waals surface area contributed by atoms with Crippen molar-refractivity contribution in [2.24, 2.45) is 0 Å². The zero-order valence-electron chi connectivity index (χ0n) is 13.5. The van der Waals surface area contributed by atoms with Crippen molar-refractivity contribution >= 4 is 10.0 Å². The normalized spacial score (nSPS) is 11.3. The lowest BCUT2D eigenvalue weighted by Crippen LogP contribution is -2.23. The van der Waals surface area contributed by atoms with Gasteiger partial charge in [0.2, 0.25) is 10.0 Å². The lowest BCUT2D eigenvalue weighted by molar-refractivity contribution is 0.393. The fraction of sp³-hybridized carbons (Fsp3) is 0.294. The summed E-state index contributed by atoms with van der Waals surface area (Å²) in [6.07, 6.45) is 0.872. The third kappa shape index (κ3) is 4.46. The molecule has 0 spiro atoms. The van der Waals surface area contributed by atoms with Crippen molar-refractivity contribution in [3.05, 3.63) is 53.6 Å². The monoisotopic (exact) mass is 335 g/mol. The molecule has 0 bridgehead atoms. The van der Waals surface area contributed by atoms with E-state index in [2.05, 4.69) is 4.72 Å². The van der Waals surface area contributed by atoms with Crippen molar-refractivity contribution in [2.45, 2.75) is 24.8 Å². The van der Waals surface area contributed by atoms with Crippen LogP contribution in [0.4, 0.5) is 0 Å². The molecule has 0 radical (unpaired) electrons. The Kier molecular flexibility index (Phi) is 5.63. The van der Waals surface area contributed by atoms with Gasteiger partial charge < -0.3 is 9.47 Å². The van der Waals surface area contributed by atoms with E-state index in [9.17, 15) is 8.42 Å². The second-order valence-corrected chi connectivity index (χ2v) is 6.81. The minimum Gasteiger partial charge on any atom is -0.497 e. The molecule has 0 aliphatic heterocycles. The third-order valence-corrected chi connectivity index (χ3v) is 4.94. The SMILES string of the molecule is CCc1ccc(S(=O)(=O)NCc2cc(OC)cc(OC)c2)cc1. The molecule has 5 nitrogen and oxygen atoms in total. The summed E-state index contributed by atoms with van der Waals surface area (Å²) in [6.45, 7) is 2.18. The predicted octanol–water partition coefficient (Wildman–Crippen LogP) is 2.74. The quantitative estimate of drug-likeness (QED) is 0.845. The summed E-state index contributed by atoms with van der Waals surface area (Å²) in [5.74, 6) is 1.23. The molecule has 0 aromatic heterocycles. The molecule has 0 fully saturated rings. The van der Waals surface area contributed by atoms with Gasteiger partial charge in [-0.25, -0.2) is 13.1 Å². The summed E-state index contributed by atoms with van der Waals surface area (Å²) in [5, 5.41) is 0. The molecule has 1 N–H and O–H groups in total. The van der Waals surface area contributed by atoms with Crippen molar-refractivity contribution in [3.63, 3.8) is 0 Å². The first-order valence-electron chi connectivity index (χ1n) is 7.29. The van der Waals surface area contributed by atoms with Crippen molar-refractivity contribution < 1.29 is 17.9 Å². The fourth-order valence-corrected chi connectivity index (χ4v) is 3.15. The first-order chi connectivity index (χ1) is 11.0. The van der Waals surface area contributed by atoms with Gasteiger partial charge in [0.15, 0.2) is 0 Å². The third-order valence-electron chi connectivity index (χ3n) is 3.52. The molecule has 0 heterocycles. The van der Waals surface area contributed by atoms with Crippen LogP contribution in [0.25, 0.3) is 0 Å². The Morgan fingerprint density at radius 1 is 0.913 bits per heavy atom. The average molecular weight is 335 g/mol. The van der Waals surface area contributed by atoms with Crippen LogP contribution in [0.15, 0.2) is 47.4 Å². The fourth-order valence-electron chi connectivity index (χ4n) is 2.13. The van der Waals surface area contributed by atoms with Crippen LogP contribution in [0.1, 0.15) is 18.1 Å². The van der Waals surface area contributed by atoms with Crippen LogP contribution in [0.2, 0.25) is 0 Å². The van der Waals surface area contributed by atoms with E-state index in [-0.39, 0.29) is 11.4 Å². The molecule has 23 heavy (non-hydrogen) atoms. The maximum Gasteiger partial charge on any atom is 0.240 e. The molecule has 0 amide bonds. The Labute approximate surface area is 137 Å². The minimum absolute atomic E-state index is 0.158. The largest absolute Gasteiger partial charge is 0.497 e. The maximum atomic E-state index is 12.3. The van der Waals surface area contributed by atoms with E-state index in [1.807, 2.05) is 19.1 Å². The molecule has 2 rings (SSSR count). The zero-order chi connectivity index (χ0) is 16.9. The van der Waals surface area contributed by atoms with Gasteiger partial charge in [0.05, 0.1) is 19.1 Å². The number of hydrogen-bond acceptors (Lipinski definition) is 4. The predicted molar refractivity (Wildman–Crippen MR) is 89.4 cm³/mol. The minimum atomic E-state index is -3.55. The summed E-state index contributed by atoms with van der Waals surface area (Å²) in [4.78, 5) is 0.254. The Morgan fingerprint density at radius 2 is 1.48 bits per heavy atom. The van der Waals surface area contributed by atoms with Gasteiger partial charge in [0, 0.05) is 12.6 Å². The molecular weight excluding hydrogens is 314 g/mol. The van der Waals surface area contributed by atoms with Crippen molar-refractivity contribution in [3.8, 4) is 11.5 Å². The standard InChI is InChI=1S/C17H21NO4S/c1-4-13-5-7-17(8-6-13)23(19,20)18-12-14-9-15(21-2)11-16(10-14)22-3/h5-11,18H,4,12H2,1-3H3. The van der Waals surface area contributed by atoms with Crippen LogP contribution in [0, 0.1) is 0 Å². The van der Waals surface area contributed by atoms with E-state index in [0.29, 0.717) is 11.5 Å². The van der Waals surface area contributed by atoms with Crippen LogP contribution in [-0.4, -0.2) is 22.6 Å². The molecule has 0 atom stereocenters. The second kappa shape index (κ2) is 7.48. The van der Waals surface area contributed by atoms with E-state index in [0.717, 1.165) is 17.5 Å². The lowest BCUT2D eigenvalue weighted by Gasteiger charge is -2.10. The second-order valence-electron chi connectivity index (χ2n) is 5.04. The molecule has 2 aromatic rings. The summed E-state index contributed by atoms with van der Waals surface area (Å²) < 4.78 is 37.6. The van der Waals surface area contributed by atoms with E-state index in [4.69, 9.17) is 9.47 Å². The van der Waals surface area contributed by atoms with Crippen LogP contribution in [0.5, 0.6) is 11.5 Å². The maximum absolute atomic E-state index is 12.3. The van der Waals surface area contributed by atoms with Gasteiger partial charge in [-0.15, -0.1) is 0 Å². The number of ether oxygens (including phenoxy) is 2. The van der Waals surface area contributed by atoms with E-state index in [1.54, 1.807) is 44.6 Å². The Hall–Kier alpha value is -2.05. The summed E-state index contributed by atoms with van der Waals surface area (Å²) >= 11 is 0. The smallest absolute Gasteiger partial charge is 0.240 e. The summed E-state index contributed by atoms with van der Waals surface area (Å²) in [5.41, 5.74) is 1.86. The number of benzene rings is 2. The highest BCUT2D eigenvalue weighted by molar-refractivity contribution is 7.89. The van der Waals surface area contributed by atoms with Crippen LogP contribution >= 0.6 is 0 Å². The lowest BCUT2D eigenvalue weighted by atomic mass is 10.2. The van der Waals surface area contributed by atoms with Crippen LogP contribution < -0.4 is 14.2 Å². The number of nitrogens with one attached hydrogen (secondary N) is 1. The van der Waals surface area contributed by atoms with Crippen LogP contribution in [0.3, 0.4) is 0 Å². The average Bonchev–Trinajstić information content (AvgIpc) is 2.59. The Bertz CT molecular complexity index is 732. The zero-order valence-corrected chi connectivity index (χ0v) is 14.3. The van der Waals surface area contributed by atoms with Crippen molar-refractivity contribution in [2.75, 3.05) is 14.2 Å². The van der Waals surface area contributed by atoms with Gasteiger partial charge >= 0.3 is 0 Å². The number of hydrogen-bond donors (Lipinski definition) is 1. The van der Waals surface area contributed by atoms with Crippen molar-refractivity contribution in [1.82, 2.24) is 4.72 Å². The van der Waals surface area contributed by atoms with Crippen molar-refractivity contribution in [1.29, 1.82) is 0 Å². The Morgan fingerprint density at radius 3 is 1.96 bits per heavy atom. The molecule has 0 saturated heterocycles. The number of rotatable bonds is 7. The molecule has 0 aliphatic carbocycles. The van der Waals surface area contributed by atoms with E-state index >= 15 is 0 Å². The first kappa shape index (κ1) is 17.3. The number of aryl methyl sites for hydroxylation is 1. The molecule has 2 aromatic carbocycles. The molecule has 0 unspecified atom stereocenters. The van der Waals surface area contributed by atoms with Gasteiger partial charge in [-0.2, -0.15) is 0 Å². The molecule has 0 saturated carbocycles. The van der Waals surface area contributed by atoms with Gasteiger partial charge in [-0.1, -0.05) is 19.1 Å². The Balaban J connectivity index is 2.15. The van der Waals surface area contributed by atoms with Crippen LogP contribution in [-0.2, 0) is 23.0 Å². The van der Waals surface area contributed by atoms with Gasteiger partial charge in [-0.3, -0.25) is 0 Å². The highest BCUT2D eigenvalue weighted by Crippen LogP contribution is 2.22. The number of methoxy groups -OCH3 is 2. The topological polar surface area (TPSA) is 64.6 Å². The summed E-state index contributed by atoms with van der Waals surface area (Å²) in [7, 11) is -0.447. The highest BCUT2D eigenvalue weighted by atomic mass is 32.2. The summed E-state index contributed by atoms with van der Waals surface area (Å²) in [6, 6.07) is 12.2. The van der Waals surface area contributed by atoms with E-state index in [1.165, 1.54) is 0 Å². The molecule has 6 heteroatoms. The number of sulfonamides is 1. The first-order valence-corrected chi connectivity index (χ1v) is 8.77. The molecular formula is C17H21NO4S. The molecule has 124 valence electrons. The van der Waals surface area contributed by atoms with Gasteiger partial charge in [0.1, 0.15) is 11.5 Å². The van der Waals surface area contributed by atoms with Gasteiger partial charge in [0.25, 0.3) is 0 Å². The highest BCUT2D eigenvalue weighted by Gasteiger charge is 2.14. The van der Waals surface area contributed by atoms with Gasteiger partial charge in [-0.05, 0) is 41.8 Å². The van der Waals surface area contributed by atoms with E-state index < -0.39 is 10.0 Å².